The van der Waals surface area contributed by atoms with Gasteiger partial charge in [-0.2, -0.15) is 0 Å². The number of aromatic nitrogens is 2. The minimum atomic E-state index is 0.571. The second kappa shape index (κ2) is 4.92. The minimum Gasteiger partial charge on any atom is -0.439 e. The Morgan fingerprint density at radius 2 is 2.09 bits per heavy atom. The summed E-state index contributed by atoms with van der Waals surface area (Å²) >= 11 is 0. The molecule has 4 rings (SSSR count). The summed E-state index contributed by atoms with van der Waals surface area (Å²) in [6.45, 7) is 9.76. The molecule has 1 aromatic carbocycles. The first kappa shape index (κ1) is 13.5. The van der Waals surface area contributed by atoms with E-state index >= 15 is 0 Å². The smallest absolute Gasteiger partial charge is 0.225 e. The van der Waals surface area contributed by atoms with Crippen LogP contribution in [0.25, 0.3) is 38.2 Å². The number of fused-ring (bicyclic) bond motifs is 3. The monoisotopic (exact) mass is 300 g/mol. The van der Waals surface area contributed by atoms with Crippen LogP contribution in [0.1, 0.15) is 5.56 Å². The highest BCUT2D eigenvalue weighted by molar-refractivity contribution is 6.14. The lowest BCUT2D eigenvalue weighted by molar-refractivity contribution is -0.660. The molecule has 0 radical (unpaired) electrons. The fourth-order valence-corrected chi connectivity index (χ4v) is 3.09. The maximum Gasteiger partial charge on any atom is 0.225 e. The highest BCUT2D eigenvalue weighted by Crippen LogP contribution is 2.42. The predicted molar refractivity (Wildman–Crippen MR) is 89.1 cm³/mol. The molecule has 0 aliphatic carbocycles. The topological polar surface area (TPSA) is 34.3 Å². The van der Waals surface area contributed by atoms with Crippen molar-refractivity contribution < 1.29 is 8.98 Å². The summed E-state index contributed by atoms with van der Waals surface area (Å²) in [5, 5.41) is 1.72. The molecule has 4 heteroatoms. The van der Waals surface area contributed by atoms with Gasteiger partial charge in [-0.1, -0.05) is 0 Å². The van der Waals surface area contributed by atoms with Crippen LogP contribution < -0.4 is 4.57 Å². The summed E-state index contributed by atoms with van der Waals surface area (Å²) in [6, 6.07) is 11.8. The number of furan rings is 1. The molecule has 0 aliphatic rings. The van der Waals surface area contributed by atoms with Crippen molar-refractivity contribution in [1.29, 1.82) is 0 Å². The van der Waals surface area contributed by atoms with Crippen LogP contribution in [-0.4, -0.2) is 4.98 Å². The van der Waals surface area contributed by atoms with E-state index in [0.29, 0.717) is 17.0 Å². The highest BCUT2D eigenvalue weighted by Gasteiger charge is 2.22. The minimum absolute atomic E-state index is 0.571. The molecule has 0 amide bonds. The van der Waals surface area contributed by atoms with Gasteiger partial charge in [-0.15, -0.1) is 0 Å². The average Bonchev–Trinajstić information content (AvgIpc) is 2.92. The maximum atomic E-state index is 7.75. The standard InChI is InChI=1S/C19H14N3O/c1-12-11-15-17(13-7-6-9-21-19(13)23-15)18(20-2)16(12)14-8-4-5-10-22(14)3/h4-11H,1,3H3/q+1. The number of pyridine rings is 2. The molecule has 0 fully saturated rings. The molecular formula is C19H14N3O+. The molecule has 0 N–H and O–H groups in total. The Morgan fingerprint density at radius 3 is 2.87 bits per heavy atom. The van der Waals surface area contributed by atoms with Crippen LogP contribution in [-0.2, 0) is 7.05 Å². The van der Waals surface area contributed by atoms with Crippen molar-refractivity contribution in [3.8, 4) is 11.3 Å². The van der Waals surface area contributed by atoms with Crippen LogP contribution in [0, 0.1) is 13.5 Å². The molecule has 4 aromatic rings. The van der Waals surface area contributed by atoms with E-state index in [1.54, 1.807) is 6.20 Å². The van der Waals surface area contributed by atoms with Crippen LogP contribution in [0.5, 0.6) is 0 Å². The van der Waals surface area contributed by atoms with Crippen molar-refractivity contribution in [1.82, 2.24) is 4.98 Å². The first-order chi connectivity index (χ1) is 11.2. The van der Waals surface area contributed by atoms with Gasteiger partial charge in [0.05, 0.1) is 12.1 Å². The third-order valence-corrected chi connectivity index (χ3v) is 4.13. The molecule has 0 spiro atoms. The summed E-state index contributed by atoms with van der Waals surface area (Å²) in [7, 11) is 1.99. The van der Waals surface area contributed by atoms with Crippen molar-refractivity contribution in [2.24, 2.45) is 7.05 Å². The van der Waals surface area contributed by atoms with Crippen LogP contribution in [0.2, 0.25) is 0 Å². The number of nitrogens with zero attached hydrogens (tertiary/aromatic N) is 3. The van der Waals surface area contributed by atoms with Gasteiger partial charge in [0.15, 0.2) is 6.20 Å². The van der Waals surface area contributed by atoms with Crippen LogP contribution in [0.15, 0.2) is 53.2 Å². The zero-order valence-corrected chi connectivity index (χ0v) is 12.9. The van der Waals surface area contributed by atoms with E-state index in [4.69, 9.17) is 11.0 Å². The molecule has 3 heterocycles. The Balaban J connectivity index is 2.22. The fraction of sp³-hybridized carbons (Fsp3) is 0.105. The lowest BCUT2D eigenvalue weighted by Gasteiger charge is -2.07. The molecule has 0 aliphatic heterocycles. The van der Waals surface area contributed by atoms with E-state index in [2.05, 4.69) is 9.83 Å². The lowest BCUT2D eigenvalue weighted by Crippen LogP contribution is -2.30. The Bertz CT molecular complexity index is 1100. The van der Waals surface area contributed by atoms with Crippen molar-refractivity contribution >= 4 is 27.8 Å². The Hall–Kier alpha value is -3.19. The molecular weight excluding hydrogens is 286 g/mol. The van der Waals surface area contributed by atoms with Crippen molar-refractivity contribution in [3.63, 3.8) is 0 Å². The van der Waals surface area contributed by atoms with Crippen LogP contribution in [0.4, 0.5) is 5.69 Å². The number of aryl methyl sites for hydroxylation is 2. The largest absolute Gasteiger partial charge is 0.439 e. The number of hydrogen-bond donors (Lipinski definition) is 0. The molecule has 4 nitrogen and oxygen atoms in total. The molecule has 23 heavy (non-hydrogen) atoms. The Morgan fingerprint density at radius 1 is 1.22 bits per heavy atom. The van der Waals surface area contributed by atoms with Gasteiger partial charge in [0.1, 0.15) is 12.6 Å². The van der Waals surface area contributed by atoms with E-state index in [1.165, 1.54) is 0 Å². The first-order valence-electron chi connectivity index (χ1n) is 7.34. The first-order valence-corrected chi connectivity index (χ1v) is 7.34. The van der Waals surface area contributed by atoms with Crippen molar-refractivity contribution in [2.75, 3.05) is 0 Å². The number of hydrogen-bond acceptors (Lipinski definition) is 2. The van der Waals surface area contributed by atoms with Crippen molar-refractivity contribution in [2.45, 2.75) is 6.92 Å². The molecule has 0 unspecified atom stereocenters. The predicted octanol–water partition coefficient (Wildman–Crippen LogP) is 4.33. The van der Waals surface area contributed by atoms with E-state index in [9.17, 15) is 0 Å². The van der Waals surface area contributed by atoms with E-state index < -0.39 is 0 Å². The molecule has 3 aromatic heterocycles. The lowest BCUT2D eigenvalue weighted by atomic mass is 9.98. The fourth-order valence-electron chi connectivity index (χ4n) is 3.09. The summed E-state index contributed by atoms with van der Waals surface area (Å²) in [4.78, 5) is 8.12. The summed E-state index contributed by atoms with van der Waals surface area (Å²) in [5.41, 5.74) is 4.88. The zero-order valence-electron chi connectivity index (χ0n) is 12.9. The van der Waals surface area contributed by atoms with Gasteiger partial charge in [-0.05, 0) is 36.8 Å². The summed E-state index contributed by atoms with van der Waals surface area (Å²) < 4.78 is 7.87. The second-order valence-corrected chi connectivity index (χ2v) is 5.56. The summed E-state index contributed by atoms with van der Waals surface area (Å²) in [6.07, 6.45) is 3.69. The zero-order chi connectivity index (χ0) is 16.0. The van der Waals surface area contributed by atoms with E-state index in [1.807, 2.05) is 61.1 Å². The summed E-state index contributed by atoms with van der Waals surface area (Å²) in [5.74, 6) is 0. The van der Waals surface area contributed by atoms with Gasteiger partial charge in [-0.3, -0.25) is 0 Å². The van der Waals surface area contributed by atoms with Crippen LogP contribution >= 0.6 is 0 Å². The average molecular weight is 300 g/mol. The molecule has 0 saturated heterocycles. The van der Waals surface area contributed by atoms with E-state index in [0.717, 1.165) is 27.6 Å². The van der Waals surface area contributed by atoms with Gasteiger partial charge >= 0.3 is 0 Å². The maximum absolute atomic E-state index is 7.75. The van der Waals surface area contributed by atoms with Crippen molar-refractivity contribution in [3.05, 3.63) is 65.8 Å². The third-order valence-electron chi connectivity index (χ3n) is 4.13. The molecule has 110 valence electrons. The van der Waals surface area contributed by atoms with Gasteiger partial charge in [0.25, 0.3) is 0 Å². The van der Waals surface area contributed by atoms with E-state index in [-0.39, 0.29) is 0 Å². The van der Waals surface area contributed by atoms with Gasteiger partial charge < -0.3 is 4.42 Å². The third kappa shape index (κ3) is 1.91. The SMILES string of the molecule is [C-]#[N+]c1c(-c2cccc[n+]2C)c(C)cc2oc3ncccc3c12. The molecule has 0 atom stereocenters. The highest BCUT2D eigenvalue weighted by atomic mass is 16.3. The van der Waals surface area contributed by atoms with Gasteiger partial charge in [-0.25, -0.2) is 14.4 Å². The second-order valence-electron chi connectivity index (χ2n) is 5.56. The normalized spacial score (nSPS) is 11.0. The number of benzene rings is 1. The van der Waals surface area contributed by atoms with Crippen LogP contribution in [0.3, 0.4) is 0 Å². The van der Waals surface area contributed by atoms with Gasteiger partial charge in [0.2, 0.25) is 17.1 Å². The quantitative estimate of drug-likeness (QED) is 0.387. The Kier molecular flexibility index (Phi) is 2.88. The molecule has 0 bridgehead atoms. The number of rotatable bonds is 1. The molecule has 0 saturated carbocycles. The Labute approximate surface area is 133 Å². The van der Waals surface area contributed by atoms with Gasteiger partial charge in [0, 0.05) is 29.1 Å².